The summed E-state index contributed by atoms with van der Waals surface area (Å²) in [5, 5.41) is 17.1. The van der Waals surface area contributed by atoms with Crippen molar-refractivity contribution in [3.63, 3.8) is 0 Å². The van der Waals surface area contributed by atoms with E-state index < -0.39 is 0 Å². The van der Waals surface area contributed by atoms with E-state index in [1.807, 2.05) is 0 Å². The molecule has 0 aliphatic rings. The van der Waals surface area contributed by atoms with Gasteiger partial charge in [-0.25, -0.2) is 5.43 Å². The first-order chi connectivity index (χ1) is 9.78. The molecule has 2 rings (SSSR count). The number of rotatable bonds is 6. The van der Waals surface area contributed by atoms with Crippen LogP contribution in [0.1, 0.15) is 5.56 Å². The Labute approximate surface area is 114 Å². The van der Waals surface area contributed by atoms with Crippen LogP contribution >= 0.6 is 0 Å². The van der Waals surface area contributed by atoms with E-state index in [9.17, 15) is 0 Å². The summed E-state index contributed by atoms with van der Waals surface area (Å²) in [6.07, 6.45) is 1.57. The van der Waals surface area contributed by atoms with Crippen LogP contribution in [0.3, 0.4) is 0 Å². The summed E-state index contributed by atoms with van der Waals surface area (Å²) in [5.41, 5.74) is 3.38. The minimum atomic E-state index is 0.272. The molecule has 0 aliphatic carbocycles. The van der Waals surface area contributed by atoms with Crippen molar-refractivity contribution in [3.05, 3.63) is 17.7 Å². The van der Waals surface area contributed by atoms with E-state index in [0.717, 1.165) is 5.56 Å². The number of benzene rings is 1. The second-order valence-corrected chi connectivity index (χ2v) is 3.56. The molecule has 1 heterocycles. The van der Waals surface area contributed by atoms with Crippen LogP contribution in [-0.4, -0.2) is 48.2 Å². The highest BCUT2D eigenvalue weighted by atomic mass is 16.5. The van der Waals surface area contributed by atoms with Crippen LogP contribution in [0.25, 0.3) is 0 Å². The van der Waals surface area contributed by atoms with Crippen molar-refractivity contribution >= 4 is 12.2 Å². The Bertz CT molecular complexity index is 559. The molecule has 106 valence electrons. The van der Waals surface area contributed by atoms with Gasteiger partial charge in [0.05, 0.1) is 27.5 Å². The van der Waals surface area contributed by atoms with Crippen molar-refractivity contribution in [2.45, 2.75) is 0 Å². The van der Waals surface area contributed by atoms with Crippen molar-refractivity contribution < 1.29 is 14.2 Å². The van der Waals surface area contributed by atoms with Gasteiger partial charge >= 0.3 is 0 Å². The highest BCUT2D eigenvalue weighted by molar-refractivity contribution is 5.82. The van der Waals surface area contributed by atoms with E-state index in [2.05, 4.69) is 31.2 Å². The van der Waals surface area contributed by atoms with E-state index >= 15 is 0 Å². The predicted octanol–water partition coefficient (Wildman–Crippen LogP) is 0.671. The standard InChI is InChI=1S/C11H14N6O3/c1-18-8-4-7(5-9(19-2)10(8)20-3)6-12-13-11-14-16-17-15-11/h4-6H,1-3H3,(H2,13,14,15,16,17)/b12-6-. The third-order valence-corrected chi connectivity index (χ3v) is 2.41. The molecule has 0 bridgehead atoms. The number of hydrazone groups is 1. The number of methoxy groups -OCH3 is 3. The zero-order valence-corrected chi connectivity index (χ0v) is 11.2. The van der Waals surface area contributed by atoms with E-state index in [1.165, 1.54) is 0 Å². The number of aromatic amines is 1. The third kappa shape index (κ3) is 2.94. The van der Waals surface area contributed by atoms with Crippen molar-refractivity contribution in [3.8, 4) is 17.2 Å². The zero-order chi connectivity index (χ0) is 14.4. The van der Waals surface area contributed by atoms with Gasteiger partial charge in [-0.1, -0.05) is 5.10 Å². The third-order valence-electron chi connectivity index (χ3n) is 2.41. The summed E-state index contributed by atoms with van der Waals surface area (Å²) < 4.78 is 15.7. The van der Waals surface area contributed by atoms with E-state index in [4.69, 9.17) is 14.2 Å². The van der Waals surface area contributed by atoms with Gasteiger partial charge in [-0.2, -0.15) is 10.3 Å². The lowest BCUT2D eigenvalue weighted by molar-refractivity contribution is 0.324. The van der Waals surface area contributed by atoms with Gasteiger partial charge in [0.2, 0.25) is 5.75 Å². The summed E-state index contributed by atoms with van der Waals surface area (Å²) >= 11 is 0. The largest absolute Gasteiger partial charge is 0.493 e. The molecule has 20 heavy (non-hydrogen) atoms. The quantitative estimate of drug-likeness (QED) is 0.590. The molecular formula is C11H14N6O3. The summed E-state index contributed by atoms with van der Waals surface area (Å²) in [4.78, 5) is 0. The van der Waals surface area contributed by atoms with Gasteiger partial charge in [-0.15, -0.1) is 5.10 Å². The Morgan fingerprint density at radius 1 is 1.15 bits per heavy atom. The molecule has 0 radical (unpaired) electrons. The molecule has 9 nitrogen and oxygen atoms in total. The Hall–Kier alpha value is -2.84. The van der Waals surface area contributed by atoms with E-state index in [1.54, 1.807) is 39.7 Å². The monoisotopic (exact) mass is 278 g/mol. The van der Waals surface area contributed by atoms with Crippen LogP contribution < -0.4 is 19.6 Å². The molecule has 2 N–H and O–H groups in total. The van der Waals surface area contributed by atoms with Gasteiger partial charge in [-0.3, -0.25) is 0 Å². The van der Waals surface area contributed by atoms with Crippen molar-refractivity contribution in [1.29, 1.82) is 0 Å². The van der Waals surface area contributed by atoms with E-state index in [-0.39, 0.29) is 5.95 Å². The number of tetrazole rings is 1. The number of hydrogen-bond donors (Lipinski definition) is 2. The number of nitrogens with one attached hydrogen (secondary N) is 2. The first-order valence-corrected chi connectivity index (χ1v) is 5.61. The first-order valence-electron chi connectivity index (χ1n) is 5.61. The van der Waals surface area contributed by atoms with Gasteiger partial charge in [0, 0.05) is 5.56 Å². The molecule has 2 aromatic rings. The fourth-order valence-corrected chi connectivity index (χ4v) is 1.55. The van der Waals surface area contributed by atoms with Gasteiger partial charge in [0.1, 0.15) is 0 Å². The number of aromatic nitrogens is 4. The van der Waals surface area contributed by atoms with Crippen LogP contribution in [0.5, 0.6) is 17.2 Å². The summed E-state index contributed by atoms with van der Waals surface area (Å²) in [6.45, 7) is 0. The average Bonchev–Trinajstić information content (AvgIpc) is 2.99. The Morgan fingerprint density at radius 2 is 1.85 bits per heavy atom. The topological polar surface area (TPSA) is 107 Å². The molecule has 0 aliphatic heterocycles. The molecule has 0 saturated heterocycles. The molecular weight excluding hydrogens is 264 g/mol. The maximum absolute atomic E-state index is 5.24. The van der Waals surface area contributed by atoms with Crippen LogP contribution in [0.2, 0.25) is 0 Å². The maximum atomic E-state index is 5.24. The normalized spacial score (nSPS) is 10.6. The molecule has 1 aromatic carbocycles. The smallest absolute Gasteiger partial charge is 0.283 e. The first kappa shape index (κ1) is 13.6. The zero-order valence-electron chi connectivity index (χ0n) is 11.2. The SMILES string of the molecule is COc1cc(/C=N\Nc2nn[nH]n2)cc(OC)c1OC. The summed E-state index contributed by atoms with van der Waals surface area (Å²) in [5.74, 6) is 1.90. The second kappa shape index (κ2) is 6.36. The van der Waals surface area contributed by atoms with Gasteiger partial charge in [0.25, 0.3) is 5.95 Å². The number of ether oxygens (including phenoxy) is 3. The fraction of sp³-hybridized carbons (Fsp3) is 0.273. The Morgan fingerprint density at radius 3 is 2.35 bits per heavy atom. The minimum absolute atomic E-state index is 0.272. The molecule has 0 fully saturated rings. The lowest BCUT2D eigenvalue weighted by Gasteiger charge is -2.12. The highest BCUT2D eigenvalue weighted by Crippen LogP contribution is 2.37. The minimum Gasteiger partial charge on any atom is -0.493 e. The molecule has 1 aromatic heterocycles. The van der Waals surface area contributed by atoms with Crippen molar-refractivity contribution in [2.75, 3.05) is 26.8 Å². The van der Waals surface area contributed by atoms with Gasteiger partial charge < -0.3 is 14.2 Å². The Kier molecular flexibility index (Phi) is 4.32. The maximum Gasteiger partial charge on any atom is 0.283 e. The number of H-pyrrole nitrogens is 1. The number of hydrogen-bond acceptors (Lipinski definition) is 8. The van der Waals surface area contributed by atoms with Gasteiger partial charge in [0.15, 0.2) is 11.5 Å². The molecule has 0 spiro atoms. The lowest BCUT2D eigenvalue weighted by atomic mass is 10.2. The van der Waals surface area contributed by atoms with Gasteiger partial charge in [-0.05, 0) is 17.3 Å². The van der Waals surface area contributed by atoms with E-state index in [0.29, 0.717) is 17.2 Å². The Balaban J connectivity index is 2.21. The molecule has 0 saturated carbocycles. The van der Waals surface area contributed by atoms with Crippen LogP contribution in [0.15, 0.2) is 17.2 Å². The summed E-state index contributed by atoms with van der Waals surface area (Å²) in [6, 6.07) is 3.53. The highest BCUT2D eigenvalue weighted by Gasteiger charge is 2.12. The van der Waals surface area contributed by atoms with Crippen LogP contribution in [-0.2, 0) is 0 Å². The number of anilines is 1. The molecule has 0 unspecified atom stereocenters. The lowest BCUT2D eigenvalue weighted by Crippen LogP contribution is -1.98. The molecule has 0 atom stereocenters. The second-order valence-electron chi connectivity index (χ2n) is 3.56. The van der Waals surface area contributed by atoms with Crippen molar-refractivity contribution in [2.24, 2.45) is 5.10 Å². The van der Waals surface area contributed by atoms with Crippen molar-refractivity contribution in [1.82, 2.24) is 20.6 Å². The average molecular weight is 278 g/mol. The van der Waals surface area contributed by atoms with Crippen LogP contribution in [0.4, 0.5) is 5.95 Å². The summed E-state index contributed by atoms with van der Waals surface area (Å²) in [7, 11) is 4.65. The number of nitrogens with zero attached hydrogens (tertiary/aromatic N) is 4. The molecule has 0 amide bonds. The fourth-order valence-electron chi connectivity index (χ4n) is 1.55. The van der Waals surface area contributed by atoms with Crippen LogP contribution in [0, 0.1) is 0 Å². The predicted molar refractivity (Wildman–Crippen MR) is 71.5 cm³/mol. The molecule has 9 heteroatoms.